The predicted octanol–water partition coefficient (Wildman–Crippen LogP) is 1.43. The molecule has 0 unspecified atom stereocenters. The normalized spacial score (nSPS) is 16.8. The monoisotopic (exact) mass is 129 g/mol. The summed E-state index contributed by atoms with van der Waals surface area (Å²) >= 11 is 0. The fourth-order valence-electron chi connectivity index (χ4n) is 0.582. The lowest BCUT2D eigenvalue weighted by Gasteiger charge is -2.15. The molecule has 54 valence electrons. The molecule has 0 aromatic heterocycles. The highest BCUT2D eigenvalue weighted by molar-refractivity contribution is 4.94. The molecule has 3 N–H and O–H groups in total. The summed E-state index contributed by atoms with van der Waals surface area (Å²) in [4.78, 5) is 0. The zero-order valence-corrected chi connectivity index (χ0v) is 6.09. The summed E-state index contributed by atoms with van der Waals surface area (Å²) in [6.07, 6.45) is 0.973. The number of hydrogen-bond acceptors (Lipinski definition) is 2. The van der Waals surface area contributed by atoms with E-state index in [9.17, 15) is 0 Å². The number of hydrogen-bond donors (Lipinski definition) is 2. The summed E-state index contributed by atoms with van der Waals surface area (Å²) < 4.78 is 0. The first kappa shape index (κ1) is 8.50. The van der Waals surface area contributed by atoms with Crippen LogP contribution < -0.4 is 5.73 Å². The maximum atomic E-state index is 8.80. The number of rotatable bonds is 3. The molecule has 0 fully saturated rings. The molecule has 0 aliphatic rings. The molecule has 0 aromatic carbocycles. The molecule has 0 saturated heterocycles. The summed E-state index contributed by atoms with van der Waals surface area (Å²) in [5.41, 5.74) is 5.52. The predicted molar refractivity (Wildman–Crippen MR) is 39.2 cm³/mol. The van der Waals surface area contributed by atoms with E-state index in [2.05, 4.69) is 6.58 Å². The molecule has 2 atom stereocenters. The zero-order chi connectivity index (χ0) is 7.44. The molecule has 2 heteroatoms. The SMILES string of the molecule is C=C(O)[C@@H](N)[C@@H](C)CC. The van der Waals surface area contributed by atoms with Crippen LogP contribution in [0.15, 0.2) is 12.3 Å². The van der Waals surface area contributed by atoms with Crippen molar-refractivity contribution in [2.45, 2.75) is 26.3 Å². The summed E-state index contributed by atoms with van der Waals surface area (Å²) in [6, 6.07) is -0.255. The van der Waals surface area contributed by atoms with Crippen LogP contribution in [0.5, 0.6) is 0 Å². The molecule has 0 aliphatic carbocycles. The Morgan fingerprint density at radius 3 is 2.33 bits per heavy atom. The van der Waals surface area contributed by atoms with Crippen molar-refractivity contribution in [3.8, 4) is 0 Å². The van der Waals surface area contributed by atoms with Crippen molar-refractivity contribution in [2.24, 2.45) is 11.7 Å². The molecule has 2 nitrogen and oxygen atoms in total. The van der Waals surface area contributed by atoms with Gasteiger partial charge >= 0.3 is 0 Å². The Bertz CT molecular complexity index is 101. The van der Waals surface area contributed by atoms with Gasteiger partial charge in [-0.1, -0.05) is 26.8 Å². The van der Waals surface area contributed by atoms with Gasteiger partial charge in [0.15, 0.2) is 0 Å². The average molecular weight is 129 g/mol. The molecule has 0 aromatic rings. The molecule has 0 heterocycles. The zero-order valence-electron chi connectivity index (χ0n) is 6.09. The fraction of sp³-hybridized carbons (Fsp3) is 0.714. The third-order valence-corrected chi connectivity index (χ3v) is 1.64. The third kappa shape index (κ3) is 2.51. The molecule has 0 spiro atoms. The van der Waals surface area contributed by atoms with Crippen LogP contribution in [-0.2, 0) is 0 Å². The quantitative estimate of drug-likeness (QED) is 0.566. The second-order valence-electron chi connectivity index (χ2n) is 2.40. The van der Waals surface area contributed by atoms with Crippen molar-refractivity contribution in [1.29, 1.82) is 0 Å². The number of aliphatic hydroxyl groups excluding tert-OH is 1. The van der Waals surface area contributed by atoms with E-state index < -0.39 is 0 Å². The van der Waals surface area contributed by atoms with Gasteiger partial charge in [0, 0.05) is 0 Å². The van der Waals surface area contributed by atoms with Crippen molar-refractivity contribution in [3.63, 3.8) is 0 Å². The maximum Gasteiger partial charge on any atom is 0.102 e. The summed E-state index contributed by atoms with van der Waals surface area (Å²) in [7, 11) is 0. The highest BCUT2D eigenvalue weighted by Crippen LogP contribution is 2.09. The Labute approximate surface area is 56.4 Å². The van der Waals surface area contributed by atoms with Crippen LogP contribution in [0.1, 0.15) is 20.3 Å². The van der Waals surface area contributed by atoms with Gasteiger partial charge in [-0.2, -0.15) is 0 Å². The Morgan fingerprint density at radius 2 is 2.22 bits per heavy atom. The number of aliphatic hydroxyl groups is 1. The lowest BCUT2D eigenvalue weighted by atomic mass is 9.99. The van der Waals surface area contributed by atoms with Gasteiger partial charge < -0.3 is 10.8 Å². The average Bonchev–Trinajstić information content (AvgIpc) is 1.84. The second-order valence-corrected chi connectivity index (χ2v) is 2.40. The lowest BCUT2D eigenvalue weighted by Crippen LogP contribution is -2.29. The van der Waals surface area contributed by atoms with Crippen molar-refractivity contribution < 1.29 is 5.11 Å². The van der Waals surface area contributed by atoms with E-state index in [0.717, 1.165) is 6.42 Å². The topological polar surface area (TPSA) is 46.2 Å². The van der Waals surface area contributed by atoms with Crippen LogP contribution in [0.2, 0.25) is 0 Å². The molecule has 0 rings (SSSR count). The van der Waals surface area contributed by atoms with E-state index in [1.807, 2.05) is 13.8 Å². The number of nitrogens with two attached hydrogens (primary N) is 1. The first-order chi connectivity index (χ1) is 4.09. The summed E-state index contributed by atoms with van der Waals surface area (Å²) in [6.45, 7) is 7.38. The van der Waals surface area contributed by atoms with Gasteiger partial charge in [-0.25, -0.2) is 0 Å². The summed E-state index contributed by atoms with van der Waals surface area (Å²) in [5, 5.41) is 8.80. The minimum absolute atomic E-state index is 0.0874. The van der Waals surface area contributed by atoms with Gasteiger partial charge in [0.05, 0.1) is 6.04 Å². The molecule has 0 amide bonds. The van der Waals surface area contributed by atoms with Crippen molar-refractivity contribution in [1.82, 2.24) is 0 Å². The largest absolute Gasteiger partial charge is 0.511 e. The smallest absolute Gasteiger partial charge is 0.102 e. The van der Waals surface area contributed by atoms with E-state index >= 15 is 0 Å². The highest BCUT2D eigenvalue weighted by atomic mass is 16.3. The minimum Gasteiger partial charge on any atom is -0.511 e. The van der Waals surface area contributed by atoms with Crippen LogP contribution in [0.3, 0.4) is 0 Å². The molecular formula is C7H15NO. The van der Waals surface area contributed by atoms with E-state index in [1.54, 1.807) is 0 Å². The van der Waals surface area contributed by atoms with Gasteiger partial charge in [0.2, 0.25) is 0 Å². The highest BCUT2D eigenvalue weighted by Gasteiger charge is 2.12. The van der Waals surface area contributed by atoms with E-state index in [-0.39, 0.29) is 11.8 Å². The molecule has 0 radical (unpaired) electrons. The fourth-order valence-corrected chi connectivity index (χ4v) is 0.582. The van der Waals surface area contributed by atoms with Crippen molar-refractivity contribution in [2.75, 3.05) is 0 Å². The van der Waals surface area contributed by atoms with Crippen LogP contribution >= 0.6 is 0 Å². The van der Waals surface area contributed by atoms with Crippen LogP contribution in [0.25, 0.3) is 0 Å². The summed E-state index contributed by atoms with van der Waals surface area (Å²) in [5.74, 6) is 0.409. The van der Waals surface area contributed by atoms with Gasteiger partial charge in [0.25, 0.3) is 0 Å². The molecule has 0 aliphatic heterocycles. The molecule has 0 saturated carbocycles. The maximum absolute atomic E-state index is 8.80. The third-order valence-electron chi connectivity index (χ3n) is 1.64. The van der Waals surface area contributed by atoms with Crippen molar-refractivity contribution in [3.05, 3.63) is 12.3 Å². The van der Waals surface area contributed by atoms with E-state index in [0.29, 0.717) is 5.92 Å². The standard InChI is InChI=1S/C7H15NO/c1-4-5(2)7(8)6(3)9/h5,7,9H,3-4,8H2,1-2H3/t5-,7-/m0/s1. The Morgan fingerprint density at radius 1 is 1.78 bits per heavy atom. The van der Waals surface area contributed by atoms with Gasteiger partial charge in [-0.05, 0) is 5.92 Å². The van der Waals surface area contributed by atoms with Gasteiger partial charge in [0.1, 0.15) is 5.76 Å². The Balaban J connectivity index is 3.72. The van der Waals surface area contributed by atoms with Crippen LogP contribution in [0, 0.1) is 5.92 Å². The van der Waals surface area contributed by atoms with Gasteiger partial charge in [-0.15, -0.1) is 0 Å². The minimum atomic E-state index is -0.255. The van der Waals surface area contributed by atoms with E-state index in [1.165, 1.54) is 0 Å². The van der Waals surface area contributed by atoms with E-state index in [4.69, 9.17) is 10.8 Å². The van der Waals surface area contributed by atoms with Gasteiger partial charge in [-0.3, -0.25) is 0 Å². The first-order valence-electron chi connectivity index (χ1n) is 3.23. The van der Waals surface area contributed by atoms with Crippen LogP contribution in [0.4, 0.5) is 0 Å². The Hall–Kier alpha value is -0.500. The molecular weight excluding hydrogens is 114 g/mol. The lowest BCUT2D eigenvalue weighted by molar-refractivity contribution is 0.323. The first-order valence-corrected chi connectivity index (χ1v) is 3.23. The second kappa shape index (κ2) is 3.51. The van der Waals surface area contributed by atoms with Crippen LogP contribution in [-0.4, -0.2) is 11.1 Å². The molecule has 0 bridgehead atoms. The Kier molecular flexibility index (Phi) is 3.32. The van der Waals surface area contributed by atoms with Crippen molar-refractivity contribution >= 4 is 0 Å². The molecule has 9 heavy (non-hydrogen) atoms.